The van der Waals surface area contributed by atoms with Gasteiger partial charge in [-0.05, 0) is 48.0 Å². The number of hydrogen-bond donors (Lipinski definition) is 3. The van der Waals surface area contributed by atoms with Gasteiger partial charge in [0.25, 0.3) is 5.91 Å². The highest BCUT2D eigenvalue weighted by Crippen LogP contribution is 2.46. The van der Waals surface area contributed by atoms with Crippen molar-refractivity contribution in [2.45, 2.75) is 35.9 Å². The van der Waals surface area contributed by atoms with Gasteiger partial charge in [0.05, 0.1) is 31.5 Å². The lowest BCUT2D eigenvalue weighted by atomic mass is 9.84. The first kappa shape index (κ1) is 36.7. The van der Waals surface area contributed by atoms with Crippen LogP contribution in [0.25, 0.3) is 10.4 Å². The summed E-state index contributed by atoms with van der Waals surface area (Å²) in [7, 11) is -0.869. The van der Waals surface area contributed by atoms with E-state index in [2.05, 4.69) is 20.9 Å². The first-order chi connectivity index (χ1) is 24.8. The van der Waals surface area contributed by atoms with Crippen LogP contribution in [-0.4, -0.2) is 64.1 Å². The van der Waals surface area contributed by atoms with Crippen molar-refractivity contribution in [2.75, 3.05) is 33.2 Å². The number of aliphatic hydroxyl groups excluding tert-OH is 1. The minimum Gasteiger partial charge on any atom is -0.494 e. The topological polar surface area (TPSA) is 194 Å². The number of rotatable bonds is 17. The van der Waals surface area contributed by atoms with Gasteiger partial charge in [-0.3, -0.25) is 10.2 Å². The van der Waals surface area contributed by atoms with Crippen LogP contribution in [0.2, 0.25) is 0 Å². The molecule has 1 amide bonds. The molecule has 0 fully saturated rings. The van der Waals surface area contributed by atoms with Gasteiger partial charge < -0.3 is 24.1 Å². The summed E-state index contributed by atoms with van der Waals surface area (Å²) in [6.07, 6.45) is -1.05. The number of nitrogens with one attached hydrogen (secondary N) is 2. The van der Waals surface area contributed by atoms with E-state index in [9.17, 15) is 18.7 Å². The van der Waals surface area contributed by atoms with Crippen LogP contribution in [0, 0.1) is 0 Å². The Morgan fingerprint density at radius 3 is 2.45 bits per heavy atom. The Hall–Kier alpha value is -5.60. The number of carbonyl (C=O) groups excluding carboxylic acids is 1. The molecule has 51 heavy (non-hydrogen) atoms. The largest absolute Gasteiger partial charge is 0.494 e. The molecule has 0 unspecified atom stereocenters. The predicted molar refractivity (Wildman–Crippen MR) is 190 cm³/mol. The van der Waals surface area contributed by atoms with Gasteiger partial charge >= 0.3 is 0 Å². The zero-order valence-corrected chi connectivity index (χ0v) is 28.9. The summed E-state index contributed by atoms with van der Waals surface area (Å²) in [6, 6.07) is 26.6. The summed E-state index contributed by atoms with van der Waals surface area (Å²) < 4.78 is 50.3. The lowest BCUT2D eigenvalue weighted by molar-refractivity contribution is -0.130. The molecule has 15 heteroatoms. The van der Waals surface area contributed by atoms with Crippen molar-refractivity contribution in [3.63, 3.8) is 0 Å². The Bertz CT molecular complexity index is 2000. The molecule has 0 aromatic heterocycles. The second kappa shape index (κ2) is 16.9. The summed E-state index contributed by atoms with van der Waals surface area (Å²) in [5, 5.41) is 12.9. The quantitative estimate of drug-likeness (QED) is 0.0425. The van der Waals surface area contributed by atoms with E-state index >= 15 is 0 Å². The van der Waals surface area contributed by atoms with Gasteiger partial charge in [0.1, 0.15) is 5.75 Å². The molecule has 4 aromatic carbocycles. The highest BCUT2D eigenvalue weighted by atomic mass is 32.2. The van der Waals surface area contributed by atoms with Crippen LogP contribution < -0.4 is 25.1 Å². The van der Waals surface area contributed by atoms with Gasteiger partial charge in [0, 0.05) is 53.3 Å². The molecule has 266 valence electrons. The summed E-state index contributed by atoms with van der Waals surface area (Å²) in [5.41, 5.74) is 14.8. The zero-order valence-electron chi connectivity index (χ0n) is 28.1. The number of hydrazine groups is 1. The third kappa shape index (κ3) is 8.41. The standard InChI is InChI=1S/C36H38N6O8S/c1-47-31-15-8-10-26(32(31)48-2)24-38-41-35(44)36(20-23-51(45,46)28-11-4-3-5-12-28)33(29-13-6-7-14-30(29)40-42-37)50-34(39-36)25-16-18-27(19-17-25)49-22-9-21-43/h3-8,10-19,33,38,43H,9,20-24H2,1-2H3,(H,41,44)/t33-,36-/m0/s1. The fraction of sp³-hybridized carbons (Fsp3) is 0.278. The SMILES string of the molecule is COc1cccc(CNNC(=O)[C@@]2(CCS(=O)(=O)c3ccccc3)N=C(c3ccc(OCCCO)cc3)O[C@H]2c2ccccc2N=[N+]=[N-])c1OC. The average Bonchev–Trinajstić information content (AvgIpc) is 3.55. The molecule has 0 spiro atoms. The number of benzene rings is 4. The van der Waals surface area contributed by atoms with E-state index in [1.165, 1.54) is 26.4 Å². The monoisotopic (exact) mass is 714 g/mol. The predicted octanol–water partition coefficient (Wildman–Crippen LogP) is 5.35. The van der Waals surface area contributed by atoms with Gasteiger partial charge in [0.15, 0.2) is 33.0 Å². The van der Waals surface area contributed by atoms with E-state index in [1.807, 2.05) is 0 Å². The summed E-state index contributed by atoms with van der Waals surface area (Å²) >= 11 is 0. The number of carbonyl (C=O) groups is 1. The number of hydrogen-bond acceptors (Lipinski definition) is 11. The molecule has 1 aliphatic rings. The van der Waals surface area contributed by atoms with Gasteiger partial charge in [-0.2, -0.15) is 0 Å². The molecule has 3 N–H and O–H groups in total. The molecular formula is C36H38N6O8S. The minimum absolute atomic E-state index is 0.00643. The number of aliphatic hydroxyl groups is 1. The highest BCUT2D eigenvalue weighted by molar-refractivity contribution is 7.91. The van der Waals surface area contributed by atoms with Crippen LogP contribution in [0.15, 0.2) is 112 Å². The Kier molecular flexibility index (Phi) is 12.1. The summed E-state index contributed by atoms with van der Waals surface area (Å²) in [4.78, 5) is 22.5. The molecule has 1 heterocycles. The van der Waals surface area contributed by atoms with E-state index in [4.69, 9.17) is 29.0 Å². The third-order valence-corrected chi connectivity index (χ3v) is 9.95. The number of para-hydroxylation sites is 1. The Balaban J connectivity index is 1.57. The van der Waals surface area contributed by atoms with Crippen LogP contribution >= 0.6 is 0 Å². The van der Waals surface area contributed by atoms with E-state index < -0.39 is 33.1 Å². The fourth-order valence-electron chi connectivity index (χ4n) is 5.65. The zero-order chi connectivity index (χ0) is 36.3. The van der Waals surface area contributed by atoms with Crippen LogP contribution in [0.3, 0.4) is 0 Å². The fourth-order valence-corrected chi connectivity index (χ4v) is 7.04. The van der Waals surface area contributed by atoms with Crippen LogP contribution in [0.4, 0.5) is 5.69 Å². The molecule has 14 nitrogen and oxygen atoms in total. The van der Waals surface area contributed by atoms with Crippen molar-refractivity contribution in [1.29, 1.82) is 0 Å². The van der Waals surface area contributed by atoms with Gasteiger partial charge in [-0.25, -0.2) is 18.8 Å². The molecule has 0 radical (unpaired) electrons. The molecule has 0 saturated heterocycles. The number of amides is 1. The van der Waals surface area contributed by atoms with Gasteiger partial charge in [-0.15, -0.1) is 0 Å². The van der Waals surface area contributed by atoms with Gasteiger partial charge in [0.2, 0.25) is 5.90 Å². The summed E-state index contributed by atoms with van der Waals surface area (Å²) in [5.74, 6) is 0.438. The van der Waals surface area contributed by atoms with E-state index in [0.717, 1.165) is 0 Å². The molecule has 0 aliphatic carbocycles. The van der Waals surface area contributed by atoms with Gasteiger partial charge in [-0.1, -0.05) is 59.7 Å². The van der Waals surface area contributed by atoms with E-state index in [1.54, 1.807) is 84.9 Å². The Labute approximate surface area is 295 Å². The molecule has 0 bridgehead atoms. The van der Waals surface area contributed by atoms with Crippen LogP contribution in [-0.2, 0) is 25.9 Å². The minimum atomic E-state index is -3.90. The smallest absolute Gasteiger partial charge is 0.266 e. The highest BCUT2D eigenvalue weighted by Gasteiger charge is 2.54. The van der Waals surface area contributed by atoms with E-state index in [0.29, 0.717) is 47.0 Å². The van der Waals surface area contributed by atoms with Crippen LogP contribution in [0.1, 0.15) is 35.6 Å². The average molecular weight is 715 g/mol. The number of ether oxygens (including phenoxy) is 4. The third-order valence-electron chi connectivity index (χ3n) is 8.22. The molecule has 4 aromatic rings. The number of azide groups is 1. The van der Waals surface area contributed by atoms with Crippen molar-refractivity contribution in [2.24, 2.45) is 10.1 Å². The molecule has 2 atom stereocenters. The molecule has 5 rings (SSSR count). The molecular weight excluding hydrogens is 676 g/mol. The van der Waals surface area contributed by atoms with Crippen molar-refractivity contribution >= 4 is 27.3 Å². The number of nitrogens with zero attached hydrogens (tertiary/aromatic N) is 4. The number of sulfone groups is 1. The van der Waals surface area contributed by atoms with E-state index in [-0.39, 0.29) is 36.1 Å². The second-order valence-electron chi connectivity index (χ2n) is 11.4. The summed E-state index contributed by atoms with van der Waals surface area (Å²) in [6.45, 7) is 0.423. The molecule has 0 saturated carbocycles. The second-order valence-corrected chi connectivity index (χ2v) is 13.5. The number of methoxy groups -OCH3 is 2. The first-order valence-electron chi connectivity index (χ1n) is 16.0. The van der Waals surface area contributed by atoms with Crippen molar-refractivity contribution in [1.82, 2.24) is 10.9 Å². The van der Waals surface area contributed by atoms with Crippen molar-refractivity contribution in [3.8, 4) is 17.2 Å². The van der Waals surface area contributed by atoms with Crippen molar-refractivity contribution < 1.29 is 37.3 Å². The maximum atomic E-state index is 14.6. The van der Waals surface area contributed by atoms with Crippen LogP contribution in [0.5, 0.6) is 17.2 Å². The number of aliphatic imine (C=N–C) groups is 1. The maximum Gasteiger partial charge on any atom is 0.266 e. The Morgan fingerprint density at radius 2 is 1.75 bits per heavy atom. The maximum absolute atomic E-state index is 14.6. The lowest BCUT2D eigenvalue weighted by Crippen LogP contribution is -2.53. The Morgan fingerprint density at radius 1 is 1.00 bits per heavy atom. The normalized spacial score (nSPS) is 16.7. The van der Waals surface area contributed by atoms with Crippen molar-refractivity contribution in [3.05, 3.63) is 124 Å². The lowest BCUT2D eigenvalue weighted by Gasteiger charge is -2.31. The first-order valence-corrected chi connectivity index (χ1v) is 17.7. The molecule has 1 aliphatic heterocycles.